The molecule has 1 aromatic carbocycles. The predicted molar refractivity (Wildman–Crippen MR) is 87.4 cm³/mol. The number of benzene rings is 1. The molecule has 0 unspecified atom stereocenters. The third-order valence-corrected chi connectivity index (χ3v) is 3.95. The maximum atomic E-state index is 9.35. The summed E-state index contributed by atoms with van der Waals surface area (Å²) < 4.78 is 2.16. The van der Waals surface area contributed by atoms with Gasteiger partial charge in [-0.15, -0.1) is 0 Å². The van der Waals surface area contributed by atoms with Crippen molar-refractivity contribution >= 4 is 11.0 Å². The first-order valence-corrected chi connectivity index (χ1v) is 7.98. The molecule has 21 heavy (non-hydrogen) atoms. The van der Waals surface area contributed by atoms with Crippen LogP contribution in [0.15, 0.2) is 18.2 Å². The van der Waals surface area contributed by atoms with Gasteiger partial charge in [0.15, 0.2) is 0 Å². The molecule has 0 fully saturated rings. The lowest BCUT2D eigenvalue weighted by atomic mass is 10.2. The fraction of sp³-hybridized carbons (Fsp3) is 0.588. The van der Waals surface area contributed by atoms with E-state index in [1.165, 1.54) is 18.4 Å². The van der Waals surface area contributed by atoms with Crippen LogP contribution in [0.25, 0.3) is 11.0 Å². The largest absolute Gasteiger partial charge is 0.395 e. The zero-order valence-corrected chi connectivity index (χ0v) is 13.5. The average molecular weight is 289 g/mol. The molecule has 4 heteroatoms. The molecule has 116 valence electrons. The van der Waals surface area contributed by atoms with E-state index in [-0.39, 0.29) is 6.61 Å². The highest BCUT2D eigenvalue weighted by molar-refractivity contribution is 5.76. The molecule has 0 saturated carbocycles. The molecular weight excluding hydrogens is 262 g/mol. The number of aryl methyl sites for hydroxylation is 1. The molecular formula is C17H27N3O. The summed E-state index contributed by atoms with van der Waals surface area (Å²) in [6.45, 7) is 10.2. The normalized spacial score (nSPS) is 11.7. The lowest BCUT2D eigenvalue weighted by molar-refractivity contribution is 0.251. The molecule has 0 atom stereocenters. The average Bonchev–Trinajstić information content (AvgIpc) is 2.80. The summed E-state index contributed by atoms with van der Waals surface area (Å²) in [6.07, 6.45) is 2.43. The van der Waals surface area contributed by atoms with E-state index in [0.29, 0.717) is 6.54 Å². The quantitative estimate of drug-likeness (QED) is 0.812. The van der Waals surface area contributed by atoms with E-state index in [4.69, 9.17) is 4.98 Å². The van der Waals surface area contributed by atoms with E-state index in [1.54, 1.807) is 0 Å². The molecule has 0 aliphatic carbocycles. The summed E-state index contributed by atoms with van der Waals surface area (Å²) in [5.74, 6) is 1.06. The van der Waals surface area contributed by atoms with Crippen molar-refractivity contribution in [3.63, 3.8) is 0 Å². The number of aliphatic hydroxyl groups is 1. The molecule has 2 aromatic rings. The topological polar surface area (TPSA) is 41.3 Å². The van der Waals surface area contributed by atoms with Crippen LogP contribution in [0.3, 0.4) is 0 Å². The summed E-state index contributed by atoms with van der Waals surface area (Å²) in [7, 11) is 0. The molecule has 0 radical (unpaired) electrons. The van der Waals surface area contributed by atoms with Crippen molar-refractivity contribution in [2.45, 2.75) is 46.7 Å². The Kier molecular flexibility index (Phi) is 5.76. The van der Waals surface area contributed by atoms with Crippen molar-refractivity contribution in [1.82, 2.24) is 14.5 Å². The van der Waals surface area contributed by atoms with Crippen LogP contribution in [0.5, 0.6) is 0 Å². The molecule has 1 aromatic heterocycles. The van der Waals surface area contributed by atoms with Gasteiger partial charge in [-0.1, -0.05) is 26.3 Å². The molecule has 0 aliphatic heterocycles. The summed E-state index contributed by atoms with van der Waals surface area (Å²) >= 11 is 0. The van der Waals surface area contributed by atoms with E-state index in [1.807, 2.05) is 0 Å². The Morgan fingerprint density at radius 3 is 2.76 bits per heavy atom. The molecule has 0 bridgehead atoms. The predicted octanol–water partition coefficient (Wildman–Crippen LogP) is 2.96. The van der Waals surface area contributed by atoms with Gasteiger partial charge in [0.25, 0.3) is 0 Å². The van der Waals surface area contributed by atoms with Crippen LogP contribution in [-0.4, -0.2) is 39.3 Å². The van der Waals surface area contributed by atoms with Gasteiger partial charge in [-0.05, 0) is 44.1 Å². The van der Waals surface area contributed by atoms with Crippen LogP contribution in [0.4, 0.5) is 0 Å². The minimum atomic E-state index is 0.146. The molecule has 2 rings (SSSR count). The molecule has 0 saturated heterocycles. The second kappa shape index (κ2) is 7.57. The van der Waals surface area contributed by atoms with E-state index in [2.05, 4.69) is 48.4 Å². The minimum absolute atomic E-state index is 0.146. The van der Waals surface area contributed by atoms with Crippen LogP contribution in [-0.2, 0) is 13.1 Å². The van der Waals surface area contributed by atoms with Gasteiger partial charge >= 0.3 is 0 Å². The summed E-state index contributed by atoms with van der Waals surface area (Å²) in [4.78, 5) is 7.22. The number of hydrogen-bond donors (Lipinski definition) is 1. The lowest BCUT2D eigenvalue weighted by Crippen LogP contribution is -2.26. The van der Waals surface area contributed by atoms with Gasteiger partial charge in [-0.3, -0.25) is 4.90 Å². The van der Waals surface area contributed by atoms with Crippen LogP contribution in [0, 0.1) is 6.92 Å². The number of unbranched alkanes of at least 4 members (excludes halogenated alkanes) is 1. The molecule has 1 N–H and O–H groups in total. The van der Waals surface area contributed by atoms with Crippen LogP contribution in [0.1, 0.15) is 38.1 Å². The van der Waals surface area contributed by atoms with Crippen molar-refractivity contribution in [3.8, 4) is 0 Å². The van der Waals surface area contributed by atoms with Crippen molar-refractivity contribution < 1.29 is 5.11 Å². The fourth-order valence-electron chi connectivity index (χ4n) is 2.69. The molecule has 0 spiro atoms. The standard InChI is InChI=1S/C17H27N3O/c1-4-6-9-19(5-2)13-17-18-15-12-14(3)7-8-16(15)20(17)10-11-21/h7-8,12,21H,4-6,9-11,13H2,1-3H3. The highest BCUT2D eigenvalue weighted by Gasteiger charge is 2.13. The van der Waals surface area contributed by atoms with Crippen molar-refractivity contribution in [2.75, 3.05) is 19.7 Å². The van der Waals surface area contributed by atoms with Gasteiger partial charge in [0.2, 0.25) is 0 Å². The first kappa shape index (κ1) is 16.0. The Labute approximate surface area is 127 Å². The monoisotopic (exact) mass is 289 g/mol. The molecule has 4 nitrogen and oxygen atoms in total. The zero-order valence-electron chi connectivity index (χ0n) is 13.5. The number of aliphatic hydroxyl groups excluding tert-OH is 1. The Morgan fingerprint density at radius 2 is 2.10 bits per heavy atom. The molecule has 0 amide bonds. The number of aromatic nitrogens is 2. The van der Waals surface area contributed by atoms with Gasteiger partial charge in [0, 0.05) is 6.54 Å². The minimum Gasteiger partial charge on any atom is -0.395 e. The Hall–Kier alpha value is -1.39. The van der Waals surface area contributed by atoms with E-state index >= 15 is 0 Å². The van der Waals surface area contributed by atoms with Crippen molar-refractivity contribution in [2.24, 2.45) is 0 Å². The summed E-state index contributed by atoms with van der Waals surface area (Å²) in [5, 5.41) is 9.35. The Bertz CT molecular complexity index is 577. The maximum absolute atomic E-state index is 9.35. The van der Waals surface area contributed by atoms with Crippen LogP contribution < -0.4 is 0 Å². The van der Waals surface area contributed by atoms with Gasteiger partial charge in [-0.2, -0.15) is 0 Å². The van der Waals surface area contributed by atoms with Gasteiger partial charge in [-0.25, -0.2) is 4.98 Å². The maximum Gasteiger partial charge on any atom is 0.124 e. The van der Waals surface area contributed by atoms with Gasteiger partial charge in [0.05, 0.1) is 24.2 Å². The smallest absolute Gasteiger partial charge is 0.124 e. The number of hydrogen-bond acceptors (Lipinski definition) is 3. The Balaban J connectivity index is 2.30. The number of rotatable bonds is 8. The SMILES string of the molecule is CCCCN(CC)Cc1nc2cc(C)ccc2n1CCO. The van der Waals surface area contributed by atoms with Crippen LogP contribution >= 0.6 is 0 Å². The first-order valence-electron chi connectivity index (χ1n) is 7.98. The van der Waals surface area contributed by atoms with Crippen molar-refractivity contribution in [3.05, 3.63) is 29.6 Å². The lowest BCUT2D eigenvalue weighted by Gasteiger charge is -2.20. The third kappa shape index (κ3) is 3.83. The summed E-state index contributed by atoms with van der Waals surface area (Å²) in [6, 6.07) is 6.34. The highest BCUT2D eigenvalue weighted by atomic mass is 16.3. The zero-order chi connectivity index (χ0) is 15.2. The Morgan fingerprint density at radius 1 is 1.29 bits per heavy atom. The van der Waals surface area contributed by atoms with Crippen molar-refractivity contribution in [1.29, 1.82) is 0 Å². The molecule has 0 aliphatic rings. The number of fused-ring (bicyclic) bond motifs is 1. The highest BCUT2D eigenvalue weighted by Crippen LogP contribution is 2.19. The first-order chi connectivity index (χ1) is 10.2. The second-order valence-corrected chi connectivity index (χ2v) is 5.62. The number of nitrogens with zero attached hydrogens (tertiary/aromatic N) is 3. The van der Waals surface area contributed by atoms with E-state index in [0.717, 1.165) is 36.5 Å². The van der Waals surface area contributed by atoms with Gasteiger partial charge < -0.3 is 9.67 Å². The molecule has 1 heterocycles. The fourth-order valence-corrected chi connectivity index (χ4v) is 2.69. The van der Waals surface area contributed by atoms with E-state index < -0.39 is 0 Å². The van der Waals surface area contributed by atoms with Crippen LogP contribution in [0.2, 0.25) is 0 Å². The number of imidazole rings is 1. The van der Waals surface area contributed by atoms with E-state index in [9.17, 15) is 5.11 Å². The third-order valence-electron chi connectivity index (χ3n) is 3.95. The summed E-state index contributed by atoms with van der Waals surface area (Å²) in [5.41, 5.74) is 3.38. The second-order valence-electron chi connectivity index (χ2n) is 5.62. The van der Waals surface area contributed by atoms with Gasteiger partial charge in [0.1, 0.15) is 5.82 Å².